The second-order valence-electron chi connectivity index (χ2n) is 11.4. The molecular weight excluding hydrogens is 526 g/mol. The Bertz CT molecular complexity index is 1400. The van der Waals surface area contributed by atoms with Crippen molar-refractivity contribution < 1.29 is 33.3 Å². The topological polar surface area (TPSA) is 115 Å². The van der Waals surface area contributed by atoms with Crippen molar-refractivity contribution in [1.29, 1.82) is 0 Å². The van der Waals surface area contributed by atoms with Crippen molar-refractivity contribution in [2.45, 2.75) is 62.4 Å². The summed E-state index contributed by atoms with van der Waals surface area (Å²) in [5.74, 6) is -0.518. The summed E-state index contributed by atoms with van der Waals surface area (Å²) in [5, 5.41) is 6.16. The normalized spacial score (nSPS) is 29.5. The summed E-state index contributed by atoms with van der Waals surface area (Å²) in [6.07, 6.45) is 8.18. The Labute approximate surface area is 238 Å². The number of carbonyl (C=O) groups excluding carboxylic acids is 3. The van der Waals surface area contributed by atoms with E-state index < -0.39 is 29.6 Å². The Hall–Kier alpha value is -4.05. The second-order valence-corrected chi connectivity index (χ2v) is 11.4. The van der Waals surface area contributed by atoms with Crippen molar-refractivity contribution >= 4 is 23.4 Å². The van der Waals surface area contributed by atoms with Gasteiger partial charge in [-0.3, -0.25) is 14.4 Å². The Morgan fingerprint density at radius 3 is 2.59 bits per heavy atom. The molecule has 10 heteroatoms. The van der Waals surface area contributed by atoms with Gasteiger partial charge in [0.05, 0.1) is 25.0 Å². The quantitative estimate of drug-likeness (QED) is 0.501. The Morgan fingerprint density at radius 1 is 1.02 bits per heavy atom. The summed E-state index contributed by atoms with van der Waals surface area (Å²) in [5.41, 5.74) is 0.164. The van der Waals surface area contributed by atoms with E-state index in [0.717, 1.165) is 37.7 Å². The molecular formula is C31H33N3O7. The molecule has 2 saturated heterocycles. The van der Waals surface area contributed by atoms with Crippen LogP contribution in [0.5, 0.6) is 17.2 Å². The first-order chi connectivity index (χ1) is 20.0. The molecule has 5 aliphatic rings. The maximum Gasteiger partial charge on any atom is 0.246 e. The van der Waals surface area contributed by atoms with Crippen LogP contribution in [0.4, 0.5) is 5.69 Å². The number of ether oxygens (including phenoxy) is 4. The third-order valence-electron chi connectivity index (χ3n) is 9.02. The first kappa shape index (κ1) is 25.9. The highest BCUT2D eigenvalue weighted by molar-refractivity contribution is 6.02. The summed E-state index contributed by atoms with van der Waals surface area (Å²) < 4.78 is 22.7. The summed E-state index contributed by atoms with van der Waals surface area (Å²) in [6.45, 7) is 0.315. The molecule has 4 heterocycles. The molecule has 2 aromatic rings. The molecule has 2 aromatic carbocycles. The van der Waals surface area contributed by atoms with E-state index in [2.05, 4.69) is 10.6 Å². The van der Waals surface area contributed by atoms with Crippen molar-refractivity contribution in [2.75, 3.05) is 19.2 Å². The Balaban J connectivity index is 1.20. The molecule has 4 aliphatic heterocycles. The fraction of sp³-hybridized carbons (Fsp3) is 0.452. The van der Waals surface area contributed by atoms with E-state index in [-0.39, 0.29) is 37.1 Å². The fourth-order valence-electron chi connectivity index (χ4n) is 7.10. The molecule has 2 N–H and O–H groups in total. The SMILES string of the molecule is COc1ccc(NC(=O)[C@H]2[C@@H]3C=C[C@]4(O3)[C@@H]2C(=O)N(Cc2ccc3c(c2)OCO3)[C@@H]4C(=O)NC2CCCCC2)cc1. The molecule has 0 aromatic heterocycles. The standard InChI is InChI=1S/C31H33N3O7/c1-38-21-10-8-20(9-11-21)32-28(35)25-23-13-14-31(41-23)26(25)30(37)34(16-18-7-12-22-24(15-18)40-17-39-22)27(31)29(36)33-19-5-3-2-4-6-19/h7-15,19,23,25-27H,2-6,16-17H2,1H3,(H,32,35)(H,33,36)/t23-,25-,26-,27+,31-/m0/s1. The summed E-state index contributed by atoms with van der Waals surface area (Å²) in [7, 11) is 1.58. The number of carbonyl (C=O) groups is 3. The number of methoxy groups -OCH3 is 1. The van der Waals surface area contributed by atoms with Gasteiger partial charge in [0.25, 0.3) is 0 Å². The van der Waals surface area contributed by atoms with Gasteiger partial charge in [-0.1, -0.05) is 37.5 Å². The summed E-state index contributed by atoms with van der Waals surface area (Å²) >= 11 is 0. The van der Waals surface area contributed by atoms with Crippen LogP contribution < -0.4 is 24.8 Å². The van der Waals surface area contributed by atoms with Gasteiger partial charge in [0.2, 0.25) is 24.5 Å². The van der Waals surface area contributed by atoms with E-state index in [1.165, 1.54) is 0 Å². The zero-order valence-corrected chi connectivity index (χ0v) is 22.8. The molecule has 1 saturated carbocycles. The van der Waals surface area contributed by atoms with E-state index >= 15 is 0 Å². The molecule has 7 rings (SSSR count). The van der Waals surface area contributed by atoms with Crippen LogP contribution in [0.3, 0.4) is 0 Å². The van der Waals surface area contributed by atoms with Crippen LogP contribution in [0.1, 0.15) is 37.7 Å². The largest absolute Gasteiger partial charge is 0.497 e. The zero-order chi connectivity index (χ0) is 28.1. The predicted molar refractivity (Wildman–Crippen MR) is 147 cm³/mol. The number of hydrogen-bond acceptors (Lipinski definition) is 7. The highest BCUT2D eigenvalue weighted by Gasteiger charge is 2.72. The van der Waals surface area contributed by atoms with Gasteiger partial charge in [-0.15, -0.1) is 0 Å². The molecule has 2 bridgehead atoms. The lowest BCUT2D eigenvalue weighted by Crippen LogP contribution is -2.56. The minimum absolute atomic E-state index is 0.0611. The van der Waals surface area contributed by atoms with Gasteiger partial charge in [0.15, 0.2) is 11.5 Å². The van der Waals surface area contributed by atoms with Crippen molar-refractivity contribution in [3.63, 3.8) is 0 Å². The maximum atomic E-state index is 14.2. The molecule has 3 amide bonds. The average Bonchev–Trinajstić information content (AvgIpc) is 3.75. The molecule has 3 fully saturated rings. The number of amides is 3. The highest BCUT2D eigenvalue weighted by Crippen LogP contribution is 2.55. The fourth-order valence-corrected chi connectivity index (χ4v) is 7.10. The van der Waals surface area contributed by atoms with Crippen molar-refractivity contribution in [3.05, 3.63) is 60.2 Å². The molecule has 0 unspecified atom stereocenters. The minimum atomic E-state index is -1.22. The lowest BCUT2D eigenvalue weighted by atomic mass is 9.74. The monoisotopic (exact) mass is 559 g/mol. The first-order valence-electron chi connectivity index (χ1n) is 14.3. The number of hydrogen-bond donors (Lipinski definition) is 2. The van der Waals surface area contributed by atoms with E-state index in [0.29, 0.717) is 22.9 Å². The van der Waals surface area contributed by atoms with Gasteiger partial charge in [-0.05, 0) is 54.8 Å². The molecule has 1 aliphatic carbocycles. The number of anilines is 1. The smallest absolute Gasteiger partial charge is 0.246 e. The van der Waals surface area contributed by atoms with Gasteiger partial charge in [-0.25, -0.2) is 0 Å². The number of benzene rings is 2. The number of likely N-dealkylation sites (tertiary alicyclic amines) is 1. The van der Waals surface area contributed by atoms with Crippen LogP contribution in [0.25, 0.3) is 0 Å². The van der Waals surface area contributed by atoms with Crippen molar-refractivity contribution in [2.24, 2.45) is 11.8 Å². The molecule has 10 nitrogen and oxygen atoms in total. The number of nitrogens with zero attached hydrogens (tertiary/aromatic N) is 1. The third kappa shape index (κ3) is 4.32. The third-order valence-corrected chi connectivity index (χ3v) is 9.02. The van der Waals surface area contributed by atoms with E-state index in [1.54, 1.807) is 36.3 Å². The first-order valence-corrected chi connectivity index (χ1v) is 14.3. The molecule has 1 spiro atoms. The molecule has 214 valence electrons. The van der Waals surface area contributed by atoms with Crippen LogP contribution in [-0.2, 0) is 25.7 Å². The Kier molecular flexibility index (Phi) is 6.37. The minimum Gasteiger partial charge on any atom is -0.497 e. The van der Waals surface area contributed by atoms with Gasteiger partial charge >= 0.3 is 0 Å². The van der Waals surface area contributed by atoms with Crippen LogP contribution in [0.2, 0.25) is 0 Å². The van der Waals surface area contributed by atoms with E-state index in [4.69, 9.17) is 18.9 Å². The Morgan fingerprint density at radius 2 is 1.80 bits per heavy atom. The average molecular weight is 560 g/mol. The van der Waals surface area contributed by atoms with Crippen molar-refractivity contribution in [3.8, 4) is 17.2 Å². The lowest BCUT2D eigenvalue weighted by molar-refractivity contribution is -0.142. The highest BCUT2D eigenvalue weighted by atomic mass is 16.7. The van der Waals surface area contributed by atoms with Gasteiger partial charge in [0, 0.05) is 18.3 Å². The van der Waals surface area contributed by atoms with E-state index in [9.17, 15) is 14.4 Å². The molecule has 0 radical (unpaired) electrons. The second kappa shape index (κ2) is 10.1. The summed E-state index contributed by atoms with van der Waals surface area (Å²) in [6, 6.07) is 11.7. The number of fused-ring (bicyclic) bond motifs is 2. The van der Waals surface area contributed by atoms with Crippen LogP contribution in [-0.4, -0.2) is 60.3 Å². The predicted octanol–water partition coefficient (Wildman–Crippen LogP) is 3.16. The zero-order valence-electron chi connectivity index (χ0n) is 22.8. The number of nitrogens with one attached hydrogen (secondary N) is 2. The van der Waals surface area contributed by atoms with Gasteiger partial charge < -0.3 is 34.5 Å². The van der Waals surface area contributed by atoms with E-state index in [1.807, 2.05) is 30.4 Å². The van der Waals surface area contributed by atoms with Crippen LogP contribution in [0, 0.1) is 11.8 Å². The summed E-state index contributed by atoms with van der Waals surface area (Å²) in [4.78, 5) is 43.5. The lowest BCUT2D eigenvalue weighted by Gasteiger charge is -2.34. The van der Waals surface area contributed by atoms with Crippen molar-refractivity contribution in [1.82, 2.24) is 10.2 Å². The molecule has 41 heavy (non-hydrogen) atoms. The van der Waals surface area contributed by atoms with Crippen LogP contribution in [0.15, 0.2) is 54.6 Å². The van der Waals surface area contributed by atoms with Crippen LogP contribution >= 0.6 is 0 Å². The van der Waals surface area contributed by atoms with Gasteiger partial charge in [-0.2, -0.15) is 0 Å². The maximum absolute atomic E-state index is 14.2. The van der Waals surface area contributed by atoms with Gasteiger partial charge in [0.1, 0.15) is 17.4 Å². The molecule has 5 atom stereocenters. The number of rotatable bonds is 7.